The molecule has 1 aromatic carbocycles. The van der Waals surface area contributed by atoms with Gasteiger partial charge >= 0.3 is 0 Å². The molecule has 0 radical (unpaired) electrons. The van der Waals surface area contributed by atoms with Gasteiger partial charge in [-0.1, -0.05) is 38.7 Å². The highest BCUT2D eigenvalue weighted by Crippen LogP contribution is 2.18. The second-order valence-corrected chi connectivity index (χ2v) is 14.2. The fourth-order valence-electron chi connectivity index (χ4n) is 3.36. The minimum Gasteiger partial charge on any atom is -0.497 e. The quantitative estimate of drug-likeness (QED) is 0.688. The summed E-state index contributed by atoms with van der Waals surface area (Å²) in [6, 6.07) is 8.70. The Morgan fingerprint density at radius 1 is 1.12 bits per heavy atom. The third-order valence-corrected chi connectivity index (χ3v) is 5.25. The highest BCUT2D eigenvalue weighted by molar-refractivity contribution is 6.76. The van der Waals surface area contributed by atoms with Crippen LogP contribution in [-0.4, -0.2) is 51.0 Å². The molecular formula is C20H35NO2Si. The van der Waals surface area contributed by atoms with Gasteiger partial charge in [-0.3, -0.25) is 4.90 Å². The van der Waals surface area contributed by atoms with Gasteiger partial charge in [0.1, 0.15) is 5.75 Å². The van der Waals surface area contributed by atoms with E-state index in [1.54, 1.807) is 0 Å². The minimum atomic E-state index is -1.15. The molecule has 3 nitrogen and oxygen atoms in total. The number of nitrogens with zero attached hydrogens (tertiary/aromatic N) is 1. The molecule has 2 rings (SSSR count). The summed E-state index contributed by atoms with van der Waals surface area (Å²) >= 11 is 0. The van der Waals surface area contributed by atoms with Crippen LogP contribution in [0, 0.1) is 5.92 Å². The number of morpholine rings is 1. The molecule has 136 valence electrons. The Bertz CT molecular complexity index is 487. The van der Waals surface area contributed by atoms with Crippen LogP contribution in [0.15, 0.2) is 24.3 Å². The van der Waals surface area contributed by atoms with E-state index in [0.29, 0.717) is 18.1 Å². The van der Waals surface area contributed by atoms with E-state index in [-0.39, 0.29) is 0 Å². The summed E-state index contributed by atoms with van der Waals surface area (Å²) in [5.41, 5.74) is 1.40. The lowest BCUT2D eigenvalue weighted by Gasteiger charge is -2.36. The van der Waals surface area contributed by atoms with Gasteiger partial charge in [-0.25, -0.2) is 0 Å². The minimum absolute atomic E-state index is 0.351. The van der Waals surface area contributed by atoms with Crippen molar-refractivity contribution in [2.24, 2.45) is 5.92 Å². The molecule has 0 saturated carbocycles. The lowest BCUT2D eigenvalue weighted by molar-refractivity contribution is -0.0708. The van der Waals surface area contributed by atoms with Crippen LogP contribution in [0.2, 0.25) is 19.6 Å². The third kappa shape index (κ3) is 6.95. The second-order valence-electron chi connectivity index (χ2n) is 8.78. The molecule has 0 N–H and O–H groups in total. The van der Waals surface area contributed by atoms with Gasteiger partial charge in [0.2, 0.25) is 0 Å². The highest BCUT2D eigenvalue weighted by atomic mass is 28.3. The zero-order valence-corrected chi connectivity index (χ0v) is 17.3. The first-order chi connectivity index (χ1) is 11.2. The van der Waals surface area contributed by atoms with E-state index < -0.39 is 8.07 Å². The standard InChI is InChI=1S/C20H35NO2Si/c1-16(12-21-13-17(2)23-18(3)14-21)11-19-7-9-20(10-8-19)22-15-24(4,5)6/h7-10,16-18H,11-15H2,1-6H3. The predicted octanol–water partition coefficient (Wildman–Crippen LogP) is 4.23. The van der Waals surface area contributed by atoms with Crippen LogP contribution >= 0.6 is 0 Å². The Morgan fingerprint density at radius 2 is 1.71 bits per heavy atom. The Hall–Kier alpha value is -0.843. The van der Waals surface area contributed by atoms with E-state index in [0.717, 1.165) is 38.0 Å². The average Bonchev–Trinajstić information content (AvgIpc) is 2.44. The van der Waals surface area contributed by atoms with Crippen molar-refractivity contribution in [1.82, 2.24) is 4.90 Å². The van der Waals surface area contributed by atoms with Crippen LogP contribution in [-0.2, 0) is 11.2 Å². The molecule has 0 aromatic heterocycles. The molecule has 0 aliphatic carbocycles. The molecule has 3 unspecified atom stereocenters. The monoisotopic (exact) mass is 349 g/mol. The first-order valence-corrected chi connectivity index (χ1v) is 13.0. The number of ether oxygens (including phenoxy) is 2. The molecule has 0 spiro atoms. The van der Waals surface area contributed by atoms with Crippen LogP contribution in [0.4, 0.5) is 0 Å². The Morgan fingerprint density at radius 3 is 2.25 bits per heavy atom. The molecule has 1 fully saturated rings. The summed E-state index contributed by atoms with van der Waals surface area (Å²) in [5.74, 6) is 1.65. The lowest BCUT2D eigenvalue weighted by Crippen LogP contribution is -2.47. The summed E-state index contributed by atoms with van der Waals surface area (Å²) in [6.07, 6.45) is 2.71. The van der Waals surface area contributed by atoms with Crippen LogP contribution in [0.5, 0.6) is 5.75 Å². The predicted molar refractivity (Wildman–Crippen MR) is 105 cm³/mol. The number of hydrogen-bond donors (Lipinski definition) is 0. The Kier molecular flexibility index (Phi) is 6.90. The zero-order valence-electron chi connectivity index (χ0n) is 16.3. The van der Waals surface area contributed by atoms with Gasteiger partial charge in [-0.2, -0.15) is 0 Å². The smallest absolute Gasteiger partial charge is 0.118 e. The van der Waals surface area contributed by atoms with E-state index in [1.165, 1.54) is 5.56 Å². The fourth-order valence-corrected chi connectivity index (χ4v) is 3.96. The number of benzene rings is 1. The molecular weight excluding hydrogens is 314 g/mol. The molecule has 3 atom stereocenters. The van der Waals surface area contributed by atoms with Crippen LogP contribution in [0.1, 0.15) is 26.3 Å². The molecule has 1 aromatic rings. The van der Waals surface area contributed by atoms with Crippen LogP contribution in [0.3, 0.4) is 0 Å². The Balaban J connectivity index is 1.80. The summed E-state index contributed by atoms with van der Waals surface area (Å²) < 4.78 is 11.7. The third-order valence-electron chi connectivity index (χ3n) is 4.24. The average molecular weight is 350 g/mol. The maximum Gasteiger partial charge on any atom is 0.118 e. The maximum absolute atomic E-state index is 5.92. The van der Waals surface area contributed by atoms with Crippen molar-refractivity contribution in [2.45, 2.75) is 59.0 Å². The van der Waals surface area contributed by atoms with E-state index in [9.17, 15) is 0 Å². The van der Waals surface area contributed by atoms with Gasteiger partial charge in [0.25, 0.3) is 0 Å². The summed E-state index contributed by atoms with van der Waals surface area (Å²) in [7, 11) is -1.15. The number of hydrogen-bond acceptors (Lipinski definition) is 3. The van der Waals surface area contributed by atoms with Crippen molar-refractivity contribution in [3.63, 3.8) is 0 Å². The zero-order chi connectivity index (χ0) is 17.7. The van der Waals surface area contributed by atoms with E-state index >= 15 is 0 Å². The molecule has 1 aliphatic heterocycles. The first-order valence-electron chi connectivity index (χ1n) is 9.31. The van der Waals surface area contributed by atoms with E-state index in [1.807, 2.05) is 0 Å². The summed E-state index contributed by atoms with van der Waals surface area (Å²) in [4.78, 5) is 2.55. The van der Waals surface area contributed by atoms with E-state index in [2.05, 4.69) is 69.6 Å². The van der Waals surface area contributed by atoms with Gasteiger partial charge in [-0.15, -0.1) is 0 Å². The van der Waals surface area contributed by atoms with Crippen molar-refractivity contribution >= 4 is 8.07 Å². The molecule has 24 heavy (non-hydrogen) atoms. The number of rotatable bonds is 7. The lowest BCUT2D eigenvalue weighted by atomic mass is 10.00. The van der Waals surface area contributed by atoms with Gasteiger partial charge in [0.05, 0.1) is 26.5 Å². The van der Waals surface area contributed by atoms with Gasteiger partial charge in [-0.05, 0) is 43.9 Å². The van der Waals surface area contributed by atoms with Gasteiger partial charge in [0.15, 0.2) is 0 Å². The topological polar surface area (TPSA) is 21.7 Å². The molecule has 1 aliphatic rings. The van der Waals surface area contributed by atoms with Crippen molar-refractivity contribution in [2.75, 3.05) is 25.9 Å². The van der Waals surface area contributed by atoms with Crippen LogP contribution in [0.25, 0.3) is 0 Å². The normalized spacial score (nSPS) is 23.9. The summed E-state index contributed by atoms with van der Waals surface area (Å²) in [6.45, 7) is 16.9. The van der Waals surface area contributed by atoms with Crippen molar-refractivity contribution < 1.29 is 9.47 Å². The SMILES string of the molecule is CC(Cc1ccc(OC[Si](C)(C)C)cc1)CN1CC(C)OC(C)C1. The van der Waals surface area contributed by atoms with Gasteiger partial charge in [0, 0.05) is 19.6 Å². The maximum atomic E-state index is 5.92. The molecule has 1 saturated heterocycles. The summed E-state index contributed by atoms with van der Waals surface area (Å²) in [5, 5.41) is 0. The molecule has 1 heterocycles. The largest absolute Gasteiger partial charge is 0.497 e. The van der Waals surface area contributed by atoms with Crippen molar-refractivity contribution in [1.29, 1.82) is 0 Å². The van der Waals surface area contributed by atoms with Crippen molar-refractivity contribution in [3.8, 4) is 5.75 Å². The first kappa shape index (κ1) is 19.5. The second kappa shape index (κ2) is 8.50. The van der Waals surface area contributed by atoms with E-state index in [4.69, 9.17) is 9.47 Å². The van der Waals surface area contributed by atoms with Gasteiger partial charge < -0.3 is 9.47 Å². The molecule has 0 amide bonds. The highest BCUT2D eigenvalue weighted by Gasteiger charge is 2.23. The fraction of sp³-hybridized carbons (Fsp3) is 0.700. The van der Waals surface area contributed by atoms with Crippen molar-refractivity contribution in [3.05, 3.63) is 29.8 Å². The molecule has 4 heteroatoms. The Labute approximate surface area is 149 Å². The molecule has 0 bridgehead atoms. The van der Waals surface area contributed by atoms with Crippen LogP contribution < -0.4 is 4.74 Å².